The molecule has 0 aliphatic heterocycles. The van der Waals surface area contributed by atoms with Crippen LogP contribution >= 0.6 is 0 Å². The summed E-state index contributed by atoms with van der Waals surface area (Å²) in [6.07, 6.45) is 0.645. The maximum atomic E-state index is 8.89. The molecule has 0 radical (unpaired) electrons. The van der Waals surface area contributed by atoms with Gasteiger partial charge in [-0.1, -0.05) is 6.07 Å². The average Bonchev–Trinajstić information content (AvgIpc) is 2.45. The van der Waals surface area contributed by atoms with Gasteiger partial charge in [-0.15, -0.1) is 0 Å². The normalized spacial score (nSPS) is 10.5. The fraction of sp³-hybridized carbons (Fsp3) is 0.533. The van der Waals surface area contributed by atoms with E-state index in [1.807, 2.05) is 39.1 Å². The number of rotatable bonds is 8. The van der Waals surface area contributed by atoms with Crippen molar-refractivity contribution in [2.75, 3.05) is 31.7 Å². The third-order valence-corrected chi connectivity index (χ3v) is 2.82. The second-order valence-electron chi connectivity index (χ2n) is 4.21. The zero-order valence-corrected chi connectivity index (χ0v) is 11.9. The first kappa shape index (κ1) is 15.5. The molecule has 1 aromatic carbocycles. The van der Waals surface area contributed by atoms with E-state index in [0.717, 1.165) is 18.7 Å². The third-order valence-electron chi connectivity index (χ3n) is 2.82. The highest BCUT2D eigenvalue weighted by atomic mass is 16.7. The first-order valence-corrected chi connectivity index (χ1v) is 6.65. The van der Waals surface area contributed by atoms with E-state index >= 15 is 0 Å². The molecule has 0 fully saturated rings. The molecule has 0 aromatic heterocycles. The predicted molar refractivity (Wildman–Crippen MR) is 76.1 cm³/mol. The molecular formula is C15H22N2O2. The number of hydrogen-bond donors (Lipinski definition) is 0. The summed E-state index contributed by atoms with van der Waals surface area (Å²) < 4.78 is 11.0. The van der Waals surface area contributed by atoms with E-state index in [-0.39, 0.29) is 6.29 Å². The van der Waals surface area contributed by atoms with Crippen LogP contribution in [0.2, 0.25) is 0 Å². The van der Waals surface area contributed by atoms with Gasteiger partial charge in [0, 0.05) is 38.9 Å². The summed E-state index contributed by atoms with van der Waals surface area (Å²) in [4.78, 5) is 2.10. The zero-order valence-electron chi connectivity index (χ0n) is 11.9. The highest BCUT2D eigenvalue weighted by Crippen LogP contribution is 2.15. The Hall–Kier alpha value is -1.57. The van der Waals surface area contributed by atoms with Gasteiger partial charge in [0.1, 0.15) is 0 Å². The first-order chi connectivity index (χ1) is 9.21. The molecule has 0 unspecified atom stereocenters. The smallest absolute Gasteiger partial charge is 0.159 e. The minimum Gasteiger partial charge on any atom is -0.374 e. The molecule has 0 heterocycles. The van der Waals surface area contributed by atoms with Gasteiger partial charge in [-0.3, -0.25) is 0 Å². The lowest BCUT2D eigenvalue weighted by Gasteiger charge is -2.23. The fourth-order valence-corrected chi connectivity index (χ4v) is 1.83. The van der Waals surface area contributed by atoms with E-state index < -0.39 is 0 Å². The molecule has 0 spiro atoms. The maximum absolute atomic E-state index is 8.89. The Morgan fingerprint density at radius 2 is 1.95 bits per heavy atom. The van der Waals surface area contributed by atoms with Crippen LogP contribution in [0, 0.1) is 11.3 Å². The monoisotopic (exact) mass is 262 g/mol. The summed E-state index contributed by atoms with van der Waals surface area (Å²) in [6.45, 7) is 6.05. The van der Waals surface area contributed by atoms with Crippen molar-refractivity contribution in [2.45, 2.75) is 26.6 Å². The topological polar surface area (TPSA) is 45.5 Å². The number of nitrogens with zero attached hydrogens (tertiary/aromatic N) is 2. The molecule has 0 saturated heterocycles. The van der Waals surface area contributed by atoms with Gasteiger partial charge in [0.05, 0.1) is 11.6 Å². The average molecular weight is 262 g/mol. The molecule has 0 aliphatic rings. The molecule has 104 valence electrons. The lowest BCUT2D eigenvalue weighted by Crippen LogP contribution is -2.26. The van der Waals surface area contributed by atoms with Crippen molar-refractivity contribution in [1.29, 1.82) is 5.26 Å². The Morgan fingerprint density at radius 1 is 1.26 bits per heavy atom. The Labute approximate surface area is 115 Å². The van der Waals surface area contributed by atoms with Crippen LogP contribution in [0.3, 0.4) is 0 Å². The van der Waals surface area contributed by atoms with Crippen LogP contribution in [0.15, 0.2) is 24.3 Å². The molecule has 1 rings (SSSR count). The van der Waals surface area contributed by atoms with E-state index in [4.69, 9.17) is 14.7 Å². The number of ether oxygens (including phenoxy) is 2. The molecule has 1 aromatic rings. The lowest BCUT2D eigenvalue weighted by atomic mass is 10.2. The standard InChI is InChI=1S/C15H22N2O2/c1-4-18-15(19-5-2)9-10-17(3)14-8-6-7-13(11-14)12-16/h6-8,11,15H,4-5,9-10H2,1-3H3. The van der Waals surface area contributed by atoms with Crippen LogP contribution in [-0.4, -0.2) is 33.1 Å². The van der Waals surface area contributed by atoms with Crippen LogP contribution in [0.5, 0.6) is 0 Å². The third kappa shape index (κ3) is 5.29. The van der Waals surface area contributed by atoms with E-state index in [1.54, 1.807) is 6.07 Å². The minimum atomic E-state index is -0.156. The predicted octanol–water partition coefficient (Wildman–Crippen LogP) is 2.78. The van der Waals surface area contributed by atoms with Gasteiger partial charge in [0.15, 0.2) is 6.29 Å². The molecule has 0 N–H and O–H groups in total. The Bertz CT molecular complexity index is 409. The molecule has 0 saturated carbocycles. The summed E-state index contributed by atoms with van der Waals surface area (Å²) in [6, 6.07) is 9.74. The van der Waals surface area contributed by atoms with Crippen molar-refractivity contribution in [3.8, 4) is 6.07 Å². The quantitative estimate of drug-likeness (QED) is 0.676. The van der Waals surface area contributed by atoms with Crippen molar-refractivity contribution in [1.82, 2.24) is 0 Å². The van der Waals surface area contributed by atoms with Crippen molar-refractivity contribution in [3.63, 3.8) is 0 Å². The van der Waals surface area contributed by atoms with E-state index in [1.165, 1.54) is 0 Å². The zero-order chi connectivity index (χ0) is 14.1. The van der Waals surface area contributed by atoms with Crippen LogP contribution in [0.25, 0.3) is 0 Å². The van der Waals surface area contributed by atoms with Gasteiger partial charge in [0.2, 0.25) is 0 Å². The van der Waals surface area contributed by atoms with Crippen molar-refractivity contribution >= 4 is 5.69 Å². The molecule has 0 aliphatic carbocycles. The number of nitriles is 1. The van der Waals surface area contributed by atoms with Gasteiger partial charge < -0.3 is 14.4 Å². The van der Waals surface area contributed by atoms with Crippen LogP contribution in [0.1, 0.15) is 25.8 Å². The first-order valence-electron chi connectivity index (χ1n) is 6.65. The van der Waals surface area contributed by atoms with Crippen molar-refractivity contribution in [2.24, 2.45) is 0 Å². The number of anilines is 1. The molecular weight excluding hydrogens is 240 g/mol. The fourth-order valence-electron chi connectivity index (χ4n) is 1.83. The van der Waals surface area contributed by atoms with Gasteiger partial charge >= 0.3 is 0 Å². The van der Waals surface area contributed by atoms with Crippen LogP contribution in [0.4, 0.5) is 5.69 Å². The van der Waals surface area contributed by atoms with E-state index in [2.05, 4.69) is 11.0 Å². The molecule has 0 bridgehead atoms. The second-order valence-corrected chi connectivity index (χ2v) is 4.21. The summed E-state index contributed by atoms with van der Waals surface area (Å²) in [5.41, 5.74) is 1.71. The molecule has 0 atom stereocenters. The SMILES string of the molecule is CCOC(CCN(C)c1cccc(C#N)c1)OCC. The van der Waals surface area contributed by atoms with E-state index in [0.29, 0.717) is 18.8 Å². The van der Waals surface area contributed by atoms with Gasteiger partial charge in [-0.05, 0) is 32.0 Å². The maximum Gasteiger partial charge on any atom is 0.159 e. The Balaban J connectivity index is 2.53. The highest BCUT2D eigenvalue weighted by Gasteiger charge is 2.10. The summed E-state index contributed by atoms with van der Waals surface area (Å²) in [5.74, 6) is 0. The van der Waals surface area contributed by atoms with Crippen LogP contribution < -0.4 is 4.90 Å². The van der Waals surface area contributed by atoms with Crippen molar-refractivity contribution in [3.05, 3.63) is 29.8 Å². The molecule has 0 amide bonds. The molecule has 19 heavy (non-hydrogen) atoms. The van der Waals surface area contributed by atoms with Gasteiger partial charge in [0.25, 0.3) is 0 Å². The van der Waals surface area contributed by atoms with Gasteiger partial charge in [-0.25, -0.2) is 0 Å². The van der Waals surface area contributed by atoms with Crippen LogP contribution in [-0.2, 0) is 9.47 Å². The Morgan fingerprint density at radius 3 is 2.53 bits per heavy atom. The van der Waals surface area contributed by atoms with Gasteiger partial charge in [-0.2, -0.15) is 5.26 Å². The largest absolute Gasteiger partial charge is 0.374 e. The second kappa shape index (κ2) is 8.52. The number of benzene rings is 1. The van der Waals surface area contributed by atoms with Crippen molar-refractivity contribution < 1.29 is 9.47 Å². The summed E-state index contributed by atoms with van der Waals surface area (Å²) in [5, 5.41) is 8.89. The lowest BCUT2D eigenvalue weighted by molar-refractivity contribution is -0.137. The number of hydrogen-bond acceptors (Lipinski definition) is 4. The Kier molecular flexibility index (Phi) is 6.94. The highest BCUT2D eigenvalue weighted by molar-refractivity contribution is 5.50. The molecule has 4 heteroatoms. The summed E-state index contributed by atoms with van der Waals surface area (Å²) in [7, 11) is 2.01. The summed E-state index contributed by atoms with van der Waals surface area (Å²) >= 11 is 0. The molecule has 4 nitrogen and oxygen atoms in total. The minimum absolute atomic E-state index is 0.156. The van der Waals surface area contributed by atoms with E-state index in [9.17, 15) is 0 Å².